The molecule has 0 aliphatic carbocycles. The van der Waals surface area contributed by atoms with E-state index in [1.807, 2.05) is 6.92 Å². The molecule has 0 radical (unpaired) electrons. The highest BCUT2D eigenvalue weighted by Crippen LogP contribution is 2.09. The Bertz CT molecular complexity index is 253. The van der Waals surface area contributed by atoms with E-state index in [2.05, 4.69) is 11.9 Å². The zero-order valence-corrected chi connectivity index (χ0v) is 7.05. The van der Waals surface area contributed by atoms with E-state index in [0.717, 1.165) is 5.69 Å². The molecule has 0 saturated heterocycles. The summed E-state index contributed by atoms with van der Waals surface area (Å²) in [4.78, 5) is 0. The summed E-state index contributed by atoms with van der Waals surface area (Å²) >= 11 is 0. The van der Waals surface area contributed by atoms with Gasteiger partial charge >= 0.3 is 0 Å². The summed E-state index contributed by atoms with van der Waals surface area (Å²) in [6, 6.07) is 6.47. The number of halogens is 1. The quantitative estimate of drug-likeness (QED) is 0.679. The molecule has 1 unspecified atom stereocenters. The summed E-state index contributed by atoms with van der Waals surface area (Å²) in [6.07, 6.45) is 1.79. The molecule has 12 heavy (non-hydrogen) atoms. The Balaban J connectivity index is 2.64. The second-order valence-electron chi connectivity index (χ2n) is 2.68. The average Bonchev–Trinajstić information content (AvgIpc) is 2.09. The standard InChI is InChI=1S/C10H12FN/c1-3-8(2)12-10-6-4-9(11)5-7-10/h3-8,12H,1H2,2H3. The van der Waals surface area contributed by atoms with Crippen molar-refractivity contribution < 1.29 is 4.39 Å². The van der Waals surface area contributed by atoms with Crippen molar-refractivity contribution in [1.82, 2.24) is 0 Å². The van der Waals surface area contributed by atoms with Crippen LogP contribution in [0, 0.1) is 5.82 Å². The molecule has 1 aromatic carbocycles. The molecular weight excluding hydrogens is 153 g/mol. The van der Waals surface area contributed by atoms with Crippen LogP contribution in [0.3, 0.4) is 0 Å². The molecule has 1 aromatic rings. The number of nitrogens with one attached hydrogen (secondary N) is 1. The molecule has 0 heterocycles. The van der Waals surface area contributed by atoms with Crippen LogP contribution in [-0.4, -0.2) is 6.04 Å². The zero-order valence-electron chi connectivity index (χ0n) is 7.05. The fourth-order valence-electron chi connectivity index (χ4n) is 0.868. The first kappa shape index (κ1) is 8.78. The molecule has 1 N–H and O–H groups in total. The molecule has 2 heteroatoms. The van der Waals surface area contributed by atoms with E-state index in [4.69, 9.17) is 0 Å². The van der Waals surface area contributed by atoms with E-state index in [0.29, 0.717) is 0 Å². The molecule has 0 saturated carbocycles. The lowest BCUT2D eigenvalue weighted by atomic mass is 10.2. The van der Waals surface area contributed by atoms with Gasteiger partial charge in [-0.3, -0.25) is 0 Å². The van der Waals surface area contributed by atoms with E-state index < -0.39 is 0 Å². The smallest absolute Gasteiger partial charge is 0.123 e. The first-order valence-corrected chi connectivity index (χ1v) is 3.87. The maximum absolute atomic E-state index is 12.5. The fraction of sp³-hybridized carbons (Fsp3) is 0.200. The van der Waals surface area contributed by atoms with Gasteiger partial charge in [0.1, 0.15) is 5.82 Å². The minimum absolute atomic E-state index is 0.204. The third kappa shape index (κ3) is 2.38. The minimum Gasteiger partial charge on any atom is -0.379 e. The number of benzene rings is 1. The van der Waals surface area contributed by atoms with E-state index in [1.165, 1.54) is 12.1 Å². The third-order valence-corrected chi connectivity index (χ3v) is 1.59. The summed E-state index contributed by atoms with van der Waals surface area (Å²) in [5, 5.41) is 3.13. The van der Waals surface area contributed by atoms with Crippen molar-refractivity contribution in [3.05, 3.63) is 42.7 Å². The van der Waals surface area contributed by atoms with Crippen molar-refractivity contribution in [2.24, 2.45) is 0 Å². The number of anilines is 1. The average molecular weight is 165 g/mol. The Kier molecular flexibility index (Phi) is 2.86. The number of hydrogen-bond donors (Lipinski definition) is 1. The Morgan fingerprint density at radius 1 is 1.42 bits per heavy atom. The van der Waals surface area contributed by atoms with Crippen LogP contribution in [0.15, 0.2) is 36.9 Å². The second kappa shape index (κ2) is 3.90. The van der Waals surface area contributed by atoms with Crippen LogP contribution < -0.4 is 5.32 Å². The van der Waals surface area contributed by atoms with Crippen LogP contribution in [0.5, 0.6) is 0 Å². The van der Waals surface area contributed by atoms with Crippen molar-refractivity contribution in [2.45, 2.75) is 13.0 Å². The lowest BCUT2D eigenvalue weighted by molar-refractivity contribution is 0.628. The van der Waals surface area contributed by atoms with Gasteiger partial charge in [0.2, 0.25) is 0 Å². The SMILES string of the molecule is C=CC(C)Nc1ccc(F)cc1. The Labute approximate surface area is 71.9 Å². The van der Waals surface area contributed by atoms with E-state index in [-0.39, 0.29) is 11.9 Å². The van der Waals surface area contributed by atoms with Gasteiger partial charge in [0, 0.05) is 11.7 Å². The molecule has 1 rings (SSSR count). The summed E-state index contributed by atoms with van der Waals surface area (Å²) in [5.74, 6) is -0.216. The third-order valence-electron chi connectivity index (χ3n) is 1.59. The predicted molar refractivity (Wildman–Crippen MR) is 49.7 cm³/mol. The largest absolute Gasteiger partial charge is 0.379 e. The van der Waals surface area contributed by atoms with Gasteiger partial charge in [0.05, 0.1) is 0 Å². The fourth-order valence-corrected chi connectivity index (χ4v) is 0.868. The van der Waals surface area contributed by atoms with Gasteiger partial charge in [0.15, 0.2) is 0 Å². The van der Waals surface area contributed by atoms with Gasteiger partial charge in [-0.25, -0.2) is 4.39 Å². The lowest BCUT2D eigenvalue weighted by Crippen LogP contribution is -2.10. The monoisotopic (exact) mass is 165 g/mol. The van der Waals surface area contributed by atoms with Crippen LogP contribution >= 0.6 is 0 Å². The molecule has 1 nitrogen and oxygen atoms in total. The molecule has 0 aromatic heterocycles. The van der Waals surface area contributed by atoms with Crippen LogP contribution in [0.1, 0.15) is 6.92 Å². The molecule has 0 bridgehead atoms. The molecule has 0 fully saturated rings. The first-order chi connectivity index (χ1) is 5.72. The molecule has 0 aliphatic rings. The molecule has 0 aliphatic heterocycles. The van der Waals surface area contributed by atoms with E-state index in [9.17, 15) is 4.39 Å². The second-order valence-corrected chi connectivity index (χ2v) is 2.68. The van der Waals surface area contributed by atoms with Crippen LogP contribution in [-0.2, 0) is 0 Å². The maximum atomic E-state index is 12.5. The van der Waals surface area contributed by atoms with Crippen molar-refractivity contribution in [3.63, 3.8) is 0 Å². The maximum Gasteiger partial charge on any atom is 0.123 e. The van der Waals surface area contributed by atoms with Gasteiger partial charge in [-0.15, -0.1) is 6.58 Å². The normalized spacial score (nSPS) is 12.2. The molecule has 64 valence electrons. The lowest BCUT2D eigenvalue weighted by Gasteiger charge is -2.09. The first-order valence-electron chi connectivity index (χ1n) is 3.87. The van der Waals surface area contributed by atoms with Crippen LogP contribution in [0.2, 0.25) is 0 Å². The number of hydrogen-bond acceptors (Lipinski definition) is 1. The molecule has 0 spiro atoms. The van der Waals surface area contributed by atoms with Crippen LogP contribution in [0.25, 0.3) is 0 Å². The summed E-state index contributed by atoms with van der Waals surface area (Å²) < 4.78 is 12.5. The summed E-state index contributed by atoms with van der Waals surface area (Å²) in [6.45, 7) is 5.62. The summed E-state index contributed by atoms with van der Waals surface area (Å²) in [5.41, 5.74) is 0.906. The van der Waals surface area contributed by atoms with Crippen molar-refractivity contribution in [1.29, 1.82) is 0 Å². The highest BCUT2D eigenvalue weighted by Gasteiger charge is 1.95. The van der Waals surface area contributed by atoms with Gasteiger partial charge in [0.25, 0.3) is 0 Å². The van der Waals surface area contributed by atoms with Crippen molar-refractivity contribution >= 4 is 5.69 Å². The number of rotatable bonds is 3. The zero-order chi connectivity index (χ0) is 8.97. The Morgan fingerprint density at radius 3 is 2.50 bits per heavy atom. The van der Waals surface area contributed by atoms with Gasteiger partial charge in [-0.1, -0.05) is 6.08 Å². The predicted octanol–water partition coefficient (Wildman–Crippen LogP) is 2.81. The van der Waals surface area contributed by atoms with Gasteiger partial charge in [-0.05, 0) is 31.2 Å². The minimum atomic E-state index is -0.216. The van der Waals surface area contributed by atoms with E-state index in [1.54, 1.807) is 18.2 Å². The molecule has 0 amide bonds. The van der Waals surface area contributed by atoms with Crippen molar-refractivity contribution in [2.75, 3.05) is 5.32 Å². The Hall–Kier alpha value is -1.31. The molecular formula is C10H12FN. The highest BCUT2D eigenvalue weighted by molar-refractivity contribution is 5.44. The van der Waals surface area contributed by atoms with Crippen molar-refractivity contribution in [3.8, 4) is 0 Å². The van der Waals surface area contributed by atoms with E-state index >= 15 is 0 Å². The van der Waals surface area contributed by atoms with Gasteiger partial charge < -0.3 is 5.32 Å². The topological polar surface area (TPSA) is 12.0 Å². The van der Waals surface area contributed by atoms with Gasteiger partial charge in [-0.2, -0.15) is 0 Å². The Morgan fingerprint density at radius 2 is 2.00 bits per heavy atom. The molecule has 1 atom stereocenters. The highest BCUT2D eigenvalue weighted by atomic mass is 19.1. The summed E-state index contributed by atoms with van der Waals surface area (Å²) in [7, 11) is 0. The van der Waals surface area contributed by atoms with Crippen LogP contribution in [0.4, 0.5) is 10.1 Å².